The highest BCUT2D eigenvalue weighted by Crippen LogP contribution is 2.37. The van der Waals surface area contributed by atoms with Gasteiger partial charge in [-0.3, -0.25) is 9.36 Å². The molecule has 148 valence electrons. The van der Waals surface area contributed by atoms with Crippen molar-refractivity contribution in [3.63, 3.8) is 0 Å². The standard InChI is InChI=1S/C22H22N4O3/c1-13(2)26-12-17-15(22(26)27)11-16(21(24-17)28-3)20-23-8-9-25(20)18-5-4-6-19-14(18)7-10-29-19/h4-6,8-9,11,13H,7,10,12H2,1-3H3. The number of hydrogen-bond donors (Lipinski definition) is 0. The number of pyridine rings is 1. The van der Waals surface area contributed by atoms with Gasteiger partial charge in [-0.2, -0.15) is 0 Å². The van der Waals surface area contributed by atoms with Crippen LogP contribution in [0.5, 0.6) is 11.6 Å². The lowest BCUT2D eigenvalue weighted by Crippen LogP contribution is -2.30. The monoisotopic (exact) mass is 390 g/mol. The first-order valence-electron chi connectivity index (χ1n) is 9.76. The zero-order valence-electron chi connectivity index (χ0n) is 16.7. The van der Waals surface area contributed by atoms with E-state index in [1.54, 1.807) is 13.3 Å². The zero-order valence-corrected chi connectivity index (χ0v) is 16.7. The number of nitrogens with zero attached hydrogens (tertiary/aromatic N) is 4. The minimum atomic E-state index is -0.00138. The molecule has 3 aromatic rings. The Morgan fingerprint density at radius 3 is 2.90 bits per heavy atom. The Hall–Kier alpha value is -3.35. The molecule has 29 heavy (non-hydrogen) atoms. The molecule has 0 aliphatic carbocycles. The lowest BCUT2D eigenvalue weighted by molar-refractivity contribution is 0.0730. The van der Waals surface area contributed by atoms with Crippen molar-refractivity contribution in [2.45, 2.75) is 32.9 Å². The van der Waals surface area contributed by atoms with Gasteiger partial charge < -0.3 is 14.4 Å². The number of amides is 1. The van der Waals surface area contributed by atoms with E-state index >= 15 is 0 Å². The van der Waals surface area contributed by atoms with Crippen LogP contribution in [-0.4, -0.2) is 45.1 Å². The molecule has 0 fully saturated rings. The zero-order chi connectivity index (χ0) is 20.1. The normalized spacial score (nSPS) is 14.9. The van der Waals surface area contributed by atoms with Gasteiger partial charge in [0.1, 0.15) is 11.6 Å². The predicted octanol–water partition coefficient (Wildman–Crippen LogP) is 3.24. The Bertz CT molecular complexity index is 1120. The summed E-state index contributed by atoms with van der Waals surface area (Å²) in [5.74, 6) is 2.06. The van der Waals surface area contributed by atoms with Crippen LogP contribution in [-0.2, 0) is 13.0 Å². The van der Waals surface area contributed by atoms with Crippen molar-refractivity contribution in [1.82, 2.24) is 19.4 Å². The summed E-state index contributed by atoms with van der Waals surface area (Å²) in [5, 5.41) is 0. The molecular weight excluding hydrogens is 368 g/mol. The quantitative estimate of drug-likeness (QED) is 0.684. The lowest BCUT2D eigenvalue weighted by atomic mass is 10.1. The summed E-state index contributed by atoms with van der Waals surface area (Å²) in [4.78, 5) is 23.9. The first-order chi connectivity index (χ1) is 14.1. The van der Waals surface area contributed by atoms with Crippen LogP contribution >= 0.6 is 0 Å². The largest absolute Gasteiger partial charge is 0.493 e. The molecular formula is C22H22N4O3. The highest BCUT2D eigenvalue weighted by Gasteiger charge is 2.33. The number of ether oxygens (including phenoxy) is 2. The van der Waals surface area contributed by atoms with Crippen molar-refractivity contribution >= 4 is 5.91 Å². The summed E-state index contributed by atoms with van der Waals surface area (Å²) in [7, 11) is 1.59. The third kappa shape index (κ3) is 2.68. The Morgan fingerprint density at radius 2 is 2.10 bits per heavy atom. The SMILES string of the molecule is COc1nc2c(cc1-c1nccn1-c1cccc3c1CCO3)C(=O)N(C(C)C)C2. The third-order valence-electron chi connectivity index (χ3n) is 5.55. The maximum Gasteiger partial charge on any atom is 0.256 e. The molecule has 4 heterocycles. The van der Waals surface area contributed by atoms with Gasteiger partial charge in [-0.1, -0.05) is 6.07 Å². The fourth-order valence-corrected chi connectivity index (χ4v) is 4.09. The molecule has 0 saturated carbocycles. The molecule has 1 aromatic carbocycles. The predicted molar refractivity (Wildman–Crippen MR) is 108 cm³/mol. The highest BCUT2D eigenvalue weighted by molar-refractivity contribution is 5.99. The molecule has 7 nitrogen and oxygen atoms in total. The number of imidazole rings is 1. The number of benzene rings is 1. The van der Waals surface area contributed by atoms with Gasteiger partial charge in [0.25, 0.3) is 5.91 Å². The smallest absolute Gasteiger partial charge is 0.256 e. The van der Waals surface area contributed by atoms with E-state index in [2.05, 4.69) is 16.0 Å². The number of hydrogen-bond acceptors (Lipinski definition) is 5. The molecule has 2 aromatic heterocycles. The summed E-state index contributed by atoms with van der Waals surface area (Å²) < 4.78 is 13.3. The van der Waals surface area contributed by atoms with Crippen LogP contribution in [0.3, 0.4) is 0 Å². The maximum atomic E-state index is 12.9. The Kier molecular flexibility index (Phi) is 4.04. The summed E-state index contributed by atoms with van der Waals surface area (Å²) >= 11 is 0. The Labute approximate surface area is 168 Å². The van der Waals surface area contributed by atoms with E-state index in [4.69, 9.17) is 9.47 Å². The van der Waals surface area contributed by atoms with Gasteiger partial charge in [0.15, 0.2) is 0 Å². The second-order valence-electron chi connectivity index (χ2n) is 7.54. The van der Waals surface area contributed by atoms with E-state index in [9.17, 15) is 4.79 Å². The molecule has 0 unspecified atom stereocenters. The molecule has 5 rings (SSSR count). The summed E-state index contributed by atoms with van der Waals surface area (Å²) in [6.07, 6.45) is 4.52. The van der Waals surface area contributed by atoms with Gasteiger partial charge >= 0.3 is 0 Å². The van der Waals surface area contributed by atoms with E-state index in [-0.39, 0.29) is 11.9 Å². The number of fused-ring (bicyclic) bond motifs is 2. The molecule has 2 aliphatic rings. The van der Waals surface area contributed by atoms with Crippen LogP contribution in [0.1, 0.15) is 35.5 Å². The van der Waals surface area contributed by atoms with Crippen molar-refractivity contribution in [3.05, 3.63) is 53.5 Å². The lowest BCUT2D eigenvalue weighted by Gasteiger charge is -2.19. The molecule has 1 amide bonds. The van der Waals surface area contributed by atoms with E-state index < -0.39 is 0 Å². The van der Waals surface area contributed by atoms with Crippen LogP contribution in [0, 0.1) is 0 Å². The number of rotatable bonds is 4. The number of aromatic nitrogens is 3. The van der Waals surface area contributed by atoms with Crippen molar-refractivity contribution < 1.29 is 14.3 Å². The Morgan fingerprint density at radius 1 is 1.24 bits per heavy atom. The number of carbonyl (C=O) groups is 1. The van der Waals surface area contributed by atoms with Crippen LogP contribution in [0.4, 0.5) is 0 Å². The van der Waals surface area contributed by atoms with Gasteiger partial charge in [-0.15, -0.1) is 0 Å². The number of carbonyl (C=O) groups excluding carboxylic acids is 1. The van der Waals surface area contributed by atoms with Crippen molar-refractivity contribution in [1.29, 1.82) is 0 Å². The van der Waals surface area contributed by atoms with Crippen LogP contribution in [0.15, 0.2) is 36.7 Å². The third-order valence-corrected chi connectivity index (χ3v) is 5.55. The maximum absolute atomic E-state index is 12.9. The molecule has 0 N–H and O–H groups in total. The summed E-state index contributed by atoms with van der Waals surface area (Å²) in [6.45, 7) is 5.19. The summed E-state index contributed by atoms with van der Waals surface area (Å²) in [6, 6.07) is 7.99. The van der Waals surface area contributed by atoms with Gasteiger partial charge in [-0.25, -0.2) is 9.97 Å². The van der Waals surface area contributed by atoms with Crippen molar-refractivity contribution in [2.24, 2.45) is 0 Å². The average Bonchev–Trinajstić information content (AvgIpc) is 3.45. The van der Waals surface area contributed by atoms with Gasteiger partial charge in [0.2, 0.25) is 5.88 Å². The van der Waals surface area contributed by atoms with Gasteiger partial charge in [-0.05, 0) is 32.0 Å². The first kappa shape index (κ1) is 17.7. The van der Waals surface area contributed by atoms with Crippen LogP contribution in [0.2, 0.25) is 0 Å². The van der Waals surface area contributed by atoms with Gasteiger partial charge in [0.05, 0.1) is 42.8 Å². The number of methoxy groups -OCH3 is 1. The fourth-order valence-electron chi connectivity index (χ4n) is 4.09. The second kappa shape index (κ2) is 6.62. The van der Waals surface area contributed by atoms with E-state index in [1.165, 1.54) is 0 Å². The van der Waals surface area contributed by atoms with Crippen molar-refractivity contribution in [3.8, 4) is 28.7 Å². The molecule has 0 saturated heterocycles. The van der Waals surface area contributed by atoms with Crippen molar-refractivity contribution in [2.75, 3.05) is 13.7 Å². The minimum absolute atomic E-state index is 0.00138. The highest BCUT2D eigenvalue weighted by atomic mass is 16.5. The Balaban J connectivity index is 1.66. The van der Waals surface area contributed by atoms with E-state index in [0.717, 1.165) is 29.1 Å². The minimum Gasteiger partial charge on any atom is -0.493 e. The first-order valence-corrected chi connectivity index (χ1v) is 9.76. The fraction of sp³-hybridized carbons (Fsp3) is 0.318. The molecule has 0 spiro atoms. The summed E-state index contributed by atoms with van der Waals surface area (Å²) in [5.41, 5.74) is 4.24. The average molecular weight is 390 g/mol. The molecule has 0 atom stereocenters. The van der Waals surface area contributed by atoms with E-state index in [0.29, 0.717) is 36.0 Å². The second-order valence-corrected chi connectivity index (χ2v) is 7.54. The molecule has 2 aliphatic heterocycles. The van der Waals surface area contributed by atoms with Gasteiger partial charge in [0, 0.05) is 30.4 Å². The molecule has 0 bridgehead atoms. The topological polar surface area (TPSA) is 69.5 Å². The molecule has 7 heteroatoms. The van der Waals surface area contributed by atoms with E-state index in [1.807, 2.05) is 47.7 Å². The van der Waals surface area contributed by atoms with Crippen LogP contribution in [0.25, 0.3) is 17.1 Å². The molecule has 0 radical (unpaired) electrons. The van der Waals surface area contributed by atoms with Crippen LogP contribution < -0.4 is 9.47 Å².